The summed E-state index contributed by atoms with van der Waals surface area (Å²) in [5, 5.41) is 9.24. The zero-order chi connectivity index (χ0) is 17.3. The van der Waals surface area contributed by atoms with E-state index >= 15 is 0 Å². The van der Waals surface area contributed by atoms with Gasteiger partial charge >= 0.3 is 5.97 Å². The molecule has 0 radical (unpaired) electrons. The zero-order valence-electron chi connectivity index (χ0n) is 15.2. The fraction of sp³-hybridized carbons (Fsp3) is 0.682. The first-order valence-electron chi connectivity index (χ1n) is 10.2. The smallest absolute Gasteiger partial charge is 0.305 e. The minimum atomic E-state index is -0.623. The lowest BCUT2D eigenvalue weighted by molar-refractivity contribution is -0.143. The number of carbonyl (C=O) groups is 1. The van der Waals surface area contributed by atoms with Crippen molar-refractivity contribution in [2.75, 3.05) is 13.1 Å². The van der Waals surface area contributed by atoms with Gasteiger partial charge in [0.15, 0.2) is 0 Å². The molecule has 3 heteroatoms. The molecule has 1 aromatic rings. The Bertz CT molecular complexity index is 587. The molecular weight excluding hydrogens is 310 g/mol. The van der Waals surface area contributed by atoms with E-state index in [-0.39, 0.29) is 5.54 Å². The number of rotatable bonds is 7. The average molecular weight is 341 g/mol. The molecule has 1 saturated heterocycles. The Morgan fingerprint density at radius 1 is 1.12 bits per heavy atom. The summed E-state index contributed by atoms with van der Waals surface area (Å²) in [5.74, 6) is 1.96. The lowest BCUT2D eigenvalue weighted by atomic mass is 9.71. The van der Waals surface area contributed by atoms with Crippen LogP contribution in [0.15, 0.2) is 30.3 Å². The van der Waals surface area contributed by atoms with E-state index in [1.165, 1.54) is 44.1 Å². The van der Waals surface area contributed by atoms with E-state index in [9.17, 15) is 9.90 Å². The molecule has 4 rings (SSSR count). The third kappa shape index (κ3) is 3.76. The van der Waals surface area contributed by atoms with Crippen LogP contribution in [0.4, 0.5) is 0 Å². The molecular formula is C22H31NO2. The van der Waals surface area contributed by atoms with Gasteiger partial charge in [0.1, 0.15) is 0 Å². The summed E-state index contributed by atoms with van der Waals surface area (Å²) >= 11 is 0. The number of nitrogens with zero attached hydrogens (tertiary/aromatic N) is 1. The number of piperidine rings is 1. The summed E-state index contributed by atoms with van der Waals surface area (Å²) < 4.78 is 0. The van der Waals surface area contributed by atoms with Crippen LogP contribution < -0.4 is 0 Å². The molecule has 1 aliphatic heterocycles. The Balaban J connectivity index is 1.20. The molecule has 2 unspecified atom stereocenters. The normalized spacial score (nSPS) is 29.1. The average Bonchev–Trinajstić information content (AvgIpc) is 3.37. The Morgan fingerprint density at radius 2 is 1.84 bits per heavy atom. The lowest BCUT2D eigenvalue weighted by Gasteiger charge is -2.52. The standard InChI is InChI=1S/C22H31NO2/c24-21(25)16-22(11-4-12-22)23-13-9-17(10-14-23)7-8-19-15-20(19)18-5-2-1-3-6-18/h1-3,5-6,17,19-20H,4,7-16H2,(H,24,25). The molecule has 1 heterocycles. The first kappa shape index (κ1) is 17.1. The van der Waals surface area contributed by atoms with Gasteiger partial charge in [-0.25, -0.2) is 0 Å². The minimum absolute atomic E-state index is 0.00566. The SMILES string of the molecule is O=C(O)CC1(N2CCC(CCC3CC3c3ccccc3)CC2)CCC1. The molecule has 0 bridgehead atoms. The van der Waals surface area contributed by atoms with Crippen LogP contribution in [-0.4, -0.2) is 34.6 Å². The summed E-state index contributed by atoms with van der Waals surface area (Å²) in [6.45, 7) is 2.23. The van der Waals surface area contributed by atoms with Crippen molar-refractivity contribution in [3.05, 3.63) is 35.9 Å². The van der Waals surface area contributed by atoms with Gasteiger partial charge in [0.05, 0.1) is 6.42 Å². The van der Waals surface area contributed by atoms with Crippen LogP contribution in [0.1, 0.15) is 69.3 Å². The van der Waals surface area contributed by atoms with E-state index in [1.54, 1.807) is 0 Å². The van der Waals surface area contributed by atoms with Crippen LogP contribution in [0.5, 0.6) is 0 Å². The first-order chi connectivity index (χ1) is 12.2. The van der Waals surface area contributed by atoms with Gasteiger partial charge in [-0.2, -0.15) is 0 Å². The van der Waals surface area contributed by atoms with E-state index in [0.717, 1.165) is 43.7 Å². The van der Waals surface area contributed by atoms with Gasteiger partial charge in [-0.3, -0.25) is 9.69 Å². The van der Waals surface area contributed by atoms with Crippen molar-refractivity contribution in [1.29, 1.82) is 0 Å². The van der Waals surface area contributed by atoms with Gasteiger partial charge in [0, 0.05) is 5.54 Å². The van der Waals surface area contributed by atoms with Crippen LogP contribution in [-0.2, 0) is 4.79 Å². The van der Waals surface area contributed by atoms with Crippen LogP contribution in [0.3, 0.4) is 0 Å². The Morgan fingerprint density at radius 3 is 2.44 bits per heavy atom. The van der Waals surface area contributed by atoms with Crippen LogP contribution in [0.25, 0.3) is 0 Å². The summed E-state index contributed by atoms with van der Waals surface area (Å²) in [4.78, 5) is 13.7. The molecule has 2 atom stereocenters. The molecule has 2 saturated carbocycles. The zero-order valence-corrected chi connectivity index (χ0v) is 15.2. The topological polar surface area (TPSA) is 40.5 Å². The molecule has 3 fully saturated rings. The highest BCUT2D eigenvalue weighted by atomic mass is 16.4. The number of aliphatic carboxylic acids is 1. The van der Waals surface area contributed by atoms with Crippen molar-refractivity contribution in [2.45, 2.75) is 69.2 Å². The largest absolute Gasteiger partial charge is 0.481 e. The van der Waals surface area contributed by atoms with Gasteiger partial charge in [-0.1, -0.05) is 36.8 Å². The van der Waals surface area contributed by atoms with Crippen molar-refractivity contribution in [3.8, 4) is 0 Å². The predicted molar refractivity (Wildman–Crippen MR) is 99.7 cm³/mol. The van der Waals surface area contributed by atoms with Gasteiger partial charge < -0.3 is 5.11 Å². The fourth-order valence-electron chi connectivity index (χ4n) is 5.29. The molecule has 2 aliphatic carbocycles. The third-order valence-corrected chi connectivity index (χ3v) is 7.15. The highest BCUT2D eigenvalue weighted by Gasteiger charge is 2.45. The minimum Gasteiger partial charge on any atom is -0.481 e. The monoisotopic (exact) mass is 341 g/mol. The highest BCUT2D eigenvalue weighted by Crippen LogP contribution is 2.51. The quantitative estimate of drug-likeness (QED) is 0.783. The second-order valence-corrected chi connectivity index (χ2v) is 8.67. The summed E-state index contributed by atoms with van der Waals surface area (Å²) in [6.07, 6.45) is 10.4. The van der Waals surface area contributed by atoms with Gasteiger partial charge in [-0.05, 0) is 81.4 Å². The molecule has 3 nitrogen and oxygen atoms in total. The van der Waals surface area contributed by atoms with E-state index in [2.05, 4.69) is 35.2 Å². The second-order valence-electron chi connectivity index (χ2n) is 8.67. The highest BCUT2D eigenvalue weighted by molar-refractivity contribution is 5.68. The van der Waals surface area contributed by atoms with Crippen molar-refractivity contribution >= 4 is 5.97 Å². The number of benzene rings is 1. The summed E-state index contributed by atoms with van der Waals surface area (Å²) in [6, 6.07) is 11.0. The Labute approximate surface area is 151 Å². The van der Waals surface area contributed by atoms with E-state index in [4.69, 9.17) is 0 Å². The van der Waals surface area contributed by atoms with E-state index in [0.29, 0.717) is 6.42 Å². The summed E-state index contributed by atoms with van der Waals surface area (Å²) in [7, 11) is 0. The van der Waals surface area contributed by atoms with Gasteiger partial charge in [0.25, 0.3) is 0 Å². The molecule has 136 valence electrons. The molecule has 1 N–H and O–H groups in total. The molecule has 3 aliphatic rings. The number of carboxylic acid groups (broad SMARTS) is 1. The number of likely N-dealkylation sites (tertiary alicyclic amines) is 1. The van der Waals surface area contributed by atoms with Crippen LogP contribution >= 0.6 is 0 Å². The molecule has 1 aromatic carbocycles. The van der Waals surface area contributed by atoms with Crippen molar-refractivity contribution < 1.29 is 9.90 Å². The van der Waals surface area contributed by atoms with Gasteiger partial charge in [-0.15, -0.1) is 0 Å². The third-order valence-electron chi connectivity index (χ3n) is 7.15. The van der Waals surface area contributed by atoms with Crippen LogP contribution in [0, 0.1) is 11.8 Å². The van der Waals surface area contributed by atoms with Gasteiger partial charge in [0.2, 0.25) is 0 Å². The predicted octanol–water partition coefficient (Wildman–Crippen LogP) is 4.68. The van der Waals surface area contributed by atoms with Crippen LogP contribution in [0.2, 0.25) is 0 Å². The maximum Gasteiger partial charge on any atom is 0.305 e. The number of carboxylic acids is 1. The molecule has 25 heavy (non-hydrogen) atoms. The maximum absolute atomic E-state index is 11.2. The molecule has 0 aromatic heterocycles. The molecule has 0 spiro atoms. The maximum atomic E-state index is 11.2. The molecule has 0 amide bonds. The first-order valence-corrected chi connectivity index (χ1v) is 10.2. The Kier molecular flexibility index (Phi) is 4.86. The lowest BCUT2D eigenvalue weighted by Crippen LogP contribution is -2.57. The number of hydrogen-bond donors (Lipinski definition) is 1. The number of hydrogen-bond acceptors (Lipinski definition) is 2. The Hall–Kier alpha value is -1.35. The van der Waals surface area contributed by atoms with Crippen molar-refractivity contribution in [2.24, 2.45) is 11.8 Å². The fourth-order valence-corrected chi connectivity index (χ4v) is 5.29. The van der Waals surface area contributed by atoms with E-state index in [1.807, 2.05) is 0 Å². The second kappa shape index (κ2) is 7.11. The van der Waals surface area contributed by atoms with Crippen molar-refractivity contribution in [1.82, 2.24) is 4.90 Å². The van der Waals surface area contributed by atoms with E-state index < -0.39 is 5.97 Å². The summed E-state index contributed by atoms with van der Waals surface area (Å²) in [5.41, 5.74) is 1.54. The van der Waals surface area contributed by atoms with Crippen molar-refractivity contribution in [3.63, 3.8) is 0 Å².